The topological polar surface area (TPSA) is 16.1 Å². The number of para-hydroxylation sites is 1. The summed E-state index contributed by atoms with van der Waals surface area (Å²) in [5.74, 6) is 0. The lowest BCUT2D eigenvalue weighted by atomic mass is 9.92. The number of fused-ring (bicyclic) bond motifs is 5. The fourth-order valence-corrected chi connectivity index (χ4v) is 8.61. The molecule has 0 spiro atoms. The Morgan fingerprint density at radius 1 is 0.370 bits per heavy atom. The molecule has 0 radical (unpaired) electrons. The van der Waals surface area contributed by atoms with Gasteiger partial charge in [-0.05, 0) is 98.1 Å². The SMILES string of the molecule is c1ccc(-c2ccc(-c3ccc(N(c4ccccc4)c4ccc5c(c4)c(-c4ccccc4)cc4ccc6sc(-c7ccccc7)nc6c45)cc3)cc2)cc1. The van der Waals surface area contributed by atoms with Crippen molar-refractivity contribution in [2.75, 3.05) is 4.90 Å². The van der Waals surface area contributed by atoms with Crippen LogP contribution in [-0.4, -0.2) is 4.98 Å². The number of rotatable bonds is 7. The zero-order valence-corrected chi connectivity index (χ0v) is 30.2. The third-order valence-electron chi connectivity index (χ3n) is 10.3. The van der Waals surface area contributed by atoms with Crippen molar-refractivity contribution in [3.05, 3.63) is 206 Å². The van der Waals surface area contributed by atoms with Gasteiger partial charge in [0.25, 0.3) is 0 Å². The fraction of sp³-hybridized carbons (Fsp3) is 0. The Balaban J connectivity index is 1.12. The smallest absolute Gasteiger partial charge is 0.124 e. The molecule has 0 saturated carbocycles. The predicted octanol–water partition coefficient (Wildman–Crippen LogP) is 14.7. The molecule has 0 aliphatic rings. The molecule has 0 aliphatic heterocycles. The Labute approximate surface area is 318 Å². The molecule has 0 bridgehead atoms. The van der Waals surface area contributed by atoms with E-state index >= 15 is 0 Å². The summed E-state index contributed by atoms with van der Waals surface area (Å²) >= 11 is 1.76. The van der Waals surface area contributed by atoms with E-state index in [4.69, 9.17) is 4.98 Å². The van der Waals surface area contributed by atoms with E-state index in [2.05, 4.69) is 211 Å². The van der Waals surface area contributed by atoms with Crippen LogP contribution in [0.2, 0.25) is 0 Å². The molecule has 0 atom stereocenters. The minimum Gasteiger partial charge on any atom is -0.310 e. The largest absolute Gasteiger partial charge is 0.310 e. The summed E-state index contributed by atoms with van der Waals surface area (Å²) < 4.78 is 1.19. The monoisotopic (exact) mass is 706 g/mol. The van der Waals surface area contributed by atoms with Gasteiger partial charge in [-0.3, -0.25) is 0 Å². The van der Waals surface area contributed by atoms with Gasteiger partial charge in [0.05, 0.1) is 10.2 Å². The molecule has 1 aromatic heterocycles. The van der Waals surface area contributed by atoms with E-state index in [9.17, 15) is 0 Å². The van der Waals surface area contributed by atoms with E-state index < -0.39 is 0 Å². The first-order chi connectivity index (χ1) is 26.8. The van der Waals surface area contributed by atoms with Gasteiger partial charge in [-0.2, -0.15) is 0 Å². The summed E-state index contributed by atoms with van der Waals surface area (Å²) in [6.07, 6.45) is 0. The zero-order valence-electron chi connectivity index (χ0n) is 29.4. The van der Waals surface area contributed by atoms with Gasteiger partial charge in [-0.25, -0.2) is 4.98 Å². The molecule has 0 aliphatic carbocycles. The van der Waals surface area contributed by atoms with Crippen LogP contribution in [0.4, 0.5) is 17.1 Å². The van der Waals surface area contributed by atoms with E-state index in [0.29, 0.717) is 0 Å². The number of aromatic nitrogens is 1. The van der Waals surface area contributed by atoms with Crippen molar-refractivity contribution in [1.29, 1.82) is 0 Å². The summed E-state index contributed by atoms with van der Waals surface area (Å²) in [4.78, 5) is 7.64. The normalized spacial score (nSPS) is 11.3. The van der Waals surface area contributed by atoms with E-state index in [1.165, 1.54) is 59.6 Å². The first-order valence-electron chi connectivity index (χ1n) is 18.3. The molecular weight excluding hydrogens is 673 g/mol. The molecule has 1 heterocycles. The summed E-state index contributed by atoms with van der Waals surface area (Å²) in [6, 6.07) is 74.0. The Bertz CT molecular complexity index is 2880. The zero-order chi connectivity index (χ0) is 35.8. The van der Waals surface area contributed by atoms with Gasteiger partial charge in [-0.15, -0.1) is 11.3 Å². The molecule has 54 heavy (non-hydrogen) atoms. The minimum atomic E-state index is 1.04. The van der Waals surface area contributed by atoms with Crippen molar-refractivity contribution in [2.24, 2.45) is 0 Å². The highest BCUT2D eigenvalue weighted by molar-refractivity contribution is 7.21. The van der Waals surface area contributed by atoms with E-state index in [1.807, 2.05) is 0 Å². The highest BCUT2D eigenvalue weighted by atomic mass is 32.1. The van der Waals surface area contributed by atoms with Crippen molar-refractivity contribution in [3.8, 4) is 44.0 Å². The third kappa shape index (κ3) is 5.81. The maximum absolute atomic E-state index is 5.28. The first-order valence-corrected chi connectivity index (χ1v) is 19.1. The van der Waals surface area contributed by atoms with Crippen LogP contribution in [-0.2, 0) is 0 Å². The van der Waals surface area contributed by atoms with Gasteiger partial charge in [0.1, 0.15) is 5.01 Å². The molecule has 0 fully saturated rings. The number of thiazole rings is 1. The summed E-state index contributed by atoms with van der Waals surface area (Å²) in [5, 5.41) is 5.83. The van der Waals surface area contributed by atoms with Crippen LogP contribution in [0.5, 0.6) is 0 Å². The molecule has 0 saturated heterocycles. The number of hydrogen-bond acceptors (Lipinski definition) is 3. The Kier molecular flexibility index (Phi) is 8.05. The summed E-state index contributed by atoms with van der Waals surface area (Å²) in [6.45, 7) is 0. The molecule has 0 N–H and O–H groups in total. The van der Waals surface area contributed by atoms with Crippen LogP contribution in [0.25, 0.3) is 75.7 Å². The van der Waals surface area contributed by atoms with Crippen LogP contribution < -0.4 is 4.90 Å². The molecule has 10 aromatic rings. The summed E-state index contributed by atoms with van der Waals surface area (Å²) in [5.41, 5.74) is 12.7. The molecular formula is C51H34N2S. The lowest BCUT2D eigenvalue weighted by Gasteiger charge is -2.26. The summed E-state index contributed by atoms with van der Waals surface area (Å²) in [7, 11) is 0. The van der Waals surface area contributed by atoms with Gasteiger partial charge in [-0.1, -0.05) is 158 Å². The second-order valence-electron chi connectivity index (χ2n) is 13.6. The molecule has 3 heteroatoms. The average molecular weight is 707 g/mol. The molecule has 2 nitrogen and oxygen atoms in total. The molecule has 0 unspecified atom stereocenters. The molecule has 254 valence electrons. The highest BCUT2D eigenvalue weighted by Gasteiger charge is 2.18. The van der Waals surface area contributed by atoms with Crippen molar-refractivity contribution < 1.29 is 0 Å². The van der Waals surface area contributed by atoms with Crippen molar-refractivity contribution in [2.45, 2.75) is 0 Å². The Morgan fingerprint density at radius 3 is 1.50 bits per heavy atom. The number of benzene rings is 9. The van der Waals surface area contributed by atoms with E-state index in [1.54, 1.807) is 11.3 Å². The lowest BCUT2D eigenvalue weighted by molar-refractivity contribution is 1.29. The predicted molar refractivity (Wildman–Crippen MR) is 231 cm³/mol. The Morgan fingerprint density at radius 2 is 0.870 bits per heavy atom. The van der Waals surface area contributed by atoms with Crippen molar-refractivity contribution >= 4 is 60.2 Å². The fourth-order valence-electron chi connectivity index (χ4n) is 7.63. The number of hydrogen-bond donors (Lipinski definition) is 0. The standard InChI is InChI=1S/C51H34N2S/c1-5-13-35(14-6-1)36-21-23-37(24-22-36)38-25-28-43(29-26-38)53(42-19-11-4-12-20-42)44-30-31-45-47(34-44)46(39-15-7-2-8-16-39)33-41-27-32-48-50(49(41)45)52-51(54-48)40-17-9-3-10-18-40/h1-34H. The second-order valence-corrected chi connectivity index (χ2v) is 14.6. The molecule has 10 rings (SSSR count). The first kappa shape index (κ1) is 31.9. The van der Waals surface area contributed by atoms with Crippen LogP contribution in [0.3, 0.4) is 0 Å². The highest BCUT2D eigenvalue weighted by Crippen LogP contribution is 2.44. The Hall–Kier alpha value is -6.81. The average Bonchev–Trinajstić information content (AvgIpc) is 3.70. The van der Waals surface area contributed by atoms with Gasteiger partial charge >= 0.3 is 0 Å². The lowest BCUT2D eigenvalue weighted by Crippen LogP contribution is -2.09. The second kappa shape index (κ2) is 13.6. The van der Waals surface area contributed by atoms with Gasteiger partial charge < -0.3 is 4.90 Å². The van der Waals surface area contributed by atoms with E-state index in [-0.39, 0.29) is 0 Å². The molecule has 0 amide bonds. The van der Waals surface area contributed by atoms with Crippen molar-refractivity contribution in [1.82, 2.24) is 4.98 Å². The van der Waals surface area contributed by atoms with Crippen molar-refractivity contribution in [3.63, 3.8) is 0 Å². The van der Waals surface area contributed by atoms with Crippen LogP contribution >= 0.6 is 11.3 Å². The van der Waals surface area contributed by atoms with Crippen LogP contribution in [0.15, 0.2) is 206 Å². The van der Waals surface area contributed by atoms with Gasteiger partial charge in [0.2, 0.25) is 0 Å². The van der Waals surface area contributed by atoms with Crippen LogP contribution in [0.1, 0.15) is 0 Å². The maximum atomic E-state index is 5.28. The van der Waals surface area contributed by atoms with E-state index in [0.717, 1.165) is 33.1 Å². The van der Waals surface area contributed by atoms with Crippen LogP contribution in [0, 0.1) is 0 Å². The minimum absolute atomic E-state index is 1.04. The van der Waals surface area contributed by atoms with Gasteiger partial charge in [0.15, 0.2) is 0 Å². The maximum Gasteiger partial charge on any atom is 0.124 e. The third-order valence-corrected chi connectivity index (χ3v) is 11.4. The van der Waals surface area contributed by atoms with Gasteiger partial charge in [0, 0.05) is 28.0 Å². The number of anilines is 3. The molecule has 9 aromatic carbocycles. The quantitative estimate of drug-likeness (QED) is 0.153. The number of nitrogens with zero attached hydrogens (tertiary/aromatic N) is 2.